The first-order chi connectivity index (χ1) is 8.51. The molecular weight excluding hydrogens is 396 g/mol. The summed E-state index contributed by atoms with van der Waals surface area (Å²) in [5, 5.41) is 0. The van der Waals surface area contributed by atoms with Crippen molar-refractivity contribution < 1.29 is 56.7 Å². The highest BCUT2D eigenvalue weighted by atomic mass is 127. The SMILES string of the molecule is COc1ccc([I+]C(F)(F)C(F)(F)C(F)(F)F)cc1. The summed E-state index contributed by atoms with van der Waals surface area (Å²) in [6.07, 6.45) is -6.28. The van der Waals surface area contributed by atoms with E-state index >= 15 is 0 Å². The number of rotatable bonds is 4. The van der Waals surface area contributed by atoms with Crippen LogP contribution in [0.25, 0.3) is 0 Å². The molecule has 0 bridgehead atoms. The van der Waals surface area contributed by atoms with Crippen molar-refractivity contribution in [1.29, 1.82) is 0 Å². The minimum absolute atomic E-state index is 0.242. The van der Waals surface area contributed by atoms with Crippen LogP contribution in [0.15, 0.2) is 24.3 Å². The van der Waals surface area contributed by atoms with E-state index in [1.807, 2.05) is 0 Å². The molecule has 19 heavy (non-hydrogen) atoms. The predicted octanol–water partition coefficient (Wildman–Crippen LogP) is 0.744. The Kier molecular flexibility index (Phi) is 4.58. The molecule has 0 heterocycles. The van der Waals surface area contributed by atoms with E-state index in [1.165, 1.54) is 19.2 Å². The molecular formula is C10H7F7IO+. The molecule has 0 N–H and O–H groups in total. The summed E-state index contributed by atoms with van der Waals surface area (Å²) < 4.78 is 86.7. The number of methoxy groups -OCH3 is 1. The first kappa shape index (κ1) is 16.3. The van der Waals surface area contributed by atoms with Gasteiger partial charge in [-0.2, -0.15) is 22.0 Å². The minimum Gasteiger partial charge on any atom is -0.497 e. The van der Waals surface area contributed by atoms with Crippen molar-refractivity contribution in [2.75, 3.05) is 7.11 Å². The number of halogens is 8. The molecule has 0 spiro atoms. The van der Waals surface area contributed by atoms with Crippen molar-refractivity contribution in [3.63, 3.8) is 0 Å². The molecule has 108 valence electrons. The van der Waals surface area contributed by atoms with Gasteiger partial charge in [0.25, 0.3) is 0 Å². The van der Waals surface area contributed by atoms with Crippen LogP contribution in [0.4, 0.5) is 30.7 Å². The fourth-order valence-electron chi connectivity index (χ4n) is 0.991. The molecule has 0 saturated heterocycles. The Morgan fingerprint density at radius 1 is 0.895 bits per heavy atom. The molecule has 9 heteroatoms. The Labute approximate surface area is 114 Å². The average molecular weight is 403 g/mol. The van der Waals surface area contributed by atoms with Crippen LogP contribution in [0.5, 0.6) is 5.75 Å². The van der Waals surface area contributed by atoms with E-state index in [2.05, 4.69) is 0 Å². The maximum absolute atomic E-state index is 13.1. The van der Waals surface area contributed by atoms with Crippen LogP contribution in [0.3, 0.4) is 0 Å². The van der Waals surface area contributed by atoms with Crippen molar-refractivity contribution in [3.05, 3.63) is 27.8 Å². The smallest absolute Gasteiger partial charge is 0.497 e. The molecule has 1 rings (SSSR count). The first-order valence-electron chi connectivity index (χ1n) is 4.63. The van der Waals surface area contributed by atoms with Crippen LogP contribution in [-0.2, 0) is 0 Å². The lowest BCUT2D eigenvalue weighted by Gasteiger charge is -2.20. The third-order valence-electron chi connectivity index (χ3n) is 1.99. The zero-order valence-electron chi connectivity index (χ0n) is 9.24. The van der Waals surface area contributed by atoms with Gasteiger partial charge in [0.05, 0.1) is 7.11 Å². The van der Waals surface area contributed by atoms with E-state index < -0.39 is 37.2 Å². The van der Waals surface area contributed by atoms with Gasteiger partial charge in [0.1, 0.15) is 5.75 Å². The molecule has 0 unspecified atom stereocenters. The number of hydrogen-bond donors (Lipinski definition) is 0. The number of alkyl halides is 8. The van der Waals surface area contributed by atoms with Gasteiger partial charge in [0.2, 0.25) is 0 Å². The molecule has 0 aliphatic carbocycles. The van der Waals surface area contributed by atoms with Crippen molar-refractivity contribution >= 4 is 0 Å². The monoisotopic (exact) mass is 403 g/mol. The molecule has 0 radical (unpaired) electrons. The molecule has 1 aromatic rings. The first-order valence-corrected chi connectivity index (χ1v) is 6.79. The topological polar surface area (TPSA) is 9.23 Å². The molecule has 0 aliphatic rings. The molecule has 1 nitrogen and oxygen atoms in total. The van der Waals surface area contributed by atoms with Gasteiger partial charge in [-0.1, -0.05) is 0 Å². The predicted molar refractivity (Wildman–Crippen MR) is 47.6 cm³/mol. The largest absolute Gasteiger partial charge is 0.520 e. The lowest BCUT2D eigenvalue weighted by Crippen LogP contribution is -3.68. The minimum atomic E-state index is -6.28. The van der Waals surface area contributed by atoms with E-state index in [-0.39, 0.29) is 3.57 Å². The lowest BCUT2D eigenvalue weighted by molar-refractivity contribution is -0.790. The van der Waals surface area contributed by atoms with E-state index in [0.717, 1.165) is 12.1 Å². The number of ether oxygens (including phenoxy) is 1. The van der Waals surface area contributed by atoms with Gasteiger partial charge in [-0.3, -0.25) is 0 Å². The molecule has 0 fully saturated rings. The van der Waals surface area contributed by atoms with Crippen LogP contribution in [0.2, 0.25) is 0 Å². The second-order valence-corrected chi connectivity index (χ2v) is 6.46. The van der Waals surface area contributed by atoms with Gasteiger partial charge < -0.3 is 4.74 Å². The number of hydrogen-bond acceptors (Lipinski definition) is 1. The summed E-state index contributed by atoms with van der Waals surface area (Å²) in [7, 11) is 1.30. The van der Waals surface area contributed by atoms with E-state index in [0.29, 0.717) is 5.75 Å². The second-order valence-electron chi connectivity index (χ2n) is 3.32. The van der Waals surface area contributed by atoms with Gasteiger partial charge >= 0.3 is 37.2 Å². The van der Waals surface area contributed by atoms with Gasteiger partial charge in [-0.15, -0.1) is 8.78 Å². The fourth-order valence-corrected chi connectivity index (χ4v) is 3.14. The maximum atomic E-state index is 13.1. The molecule has 0 amide bonds. The van der Waals surface area contributed by atoms with E-state index in [9.17, 15) is 30.7 Å². The van der Waals surface area contributed by atoms with E-state index in [4.69, 9.17) is 4.74 Å². The van der Waals surface area contributed by atoms with Gasteiger partial charge in [0, 0.05) is 0 Å². The average Bonchev–Trinajstić information content (AvgIpc) is 2.28. The summed E-state index contributed by atoms with van der Waals surface area (Å²) in [4.78, 5) is 0. The summed E-state index contributed by atoms with van der Waals surface area (Å²) in [5.41, 5.74) is 0. The quantitative estimate of drug-likeness (QED) is 0.410. The third-order valence-corrected chi connectivity index (χ3v) is 4.69. The molecule has 0 aliphatic heterocycles. The molecule has 0 saturated carbocycles. The zero-order valence-corrected chi connectivity index (χ0v) is 11.4. The lowest BCUT2D eigenvalue weighted by atomic mass is 10.3. The van der Waals surface area contributed by atoms with Gasteiger partial charge in [-0.25, -0.2) is 0 Å². The fraction of sp³-hybridized carbons (Fsp3) is 0.400. The van der Waals surface area contributed by atoms with Crippen LogP contribution < -0.4 is 25.9 Å². The standard InChI is InChI=1S/C10H7F7IO/c1-19-7-4-2-6(3-5-7)18-10(16,17)8(11,12)9(13,14)15/h2-5H,1H3/q+1. The highest BCUT2D eigenvalue weighted by Crippen LogP contribution is 2.42. The Bertz CT molecular complexity index is 426. The summed E-state index contributed by atoms with van der Waals surface area (Å²) in [6.45, 7) is 0. The van der Waals surface area contributed by atoms with E-state index in [1.54, 1.807) is 0 Å². The van der Waals surface area contributed by atoms with Crippen LogP contribution in [0.1, 0.15) is 0 Å². The Balaban J connectivity index is 2.95. The summed E-state index contributed by atoms with van der Waals surface area (Å²) in [6, 6.07) is 4.53. The Hall–Kier alpha value is -0.740. The maximum Gasteiger partial charge on any atom is 0.520 e. The Morgan fingerprint density at radius 2 is 1.37 bits per heavy atom. The van der Waals surface area contributed by atoms with Crippen molar-refractivity contribution in [1.82, 2.24) is 0 Å². The zero-order chi connectivity index (χ0) is 14.9. The highest BCUT2D eigenvalue weighted by molar-refractivity contribution is 5.20. The van der Waals surface area contributed by atoms with Crippen molar-refractivity contribution in [3.8, 4) is 5.75 Å². The van der Waals surface area contributed by atoms with Gasteiger partial charge in [-0.05, 0) is 24.3 Å². The van der Waals surface area contributed by atoms with Crippen molar-refractivity contribution in [2.45, 2.75) is 16.0 Å². The van der Waals surface area contributed by atoms with Crippen molar-refractivity contribution in [2.24, 2.45) is 0 Å². The number of benzene rings is 1. The van der Waals surface area contributed by atoms with Gasteiger partial charge in [0.15, 0.2) is 3.57 Å². The molecule has 0 aromatic heterocycles. The normalized spacial score (nSPS) is 13.5. The molecule has 1 aromatic carbocycles. The van der Waals surface area contributed by atoms with Crippen LogP contribution in [-0.4, -0.2) is 23.1 Å². The third kappa shape index (κ3) is 3.42. The Morgan fingerprint density at radius 3 is 1.74 bits per heavy atom. The summed E-state index contributed by atoms with van der Waals surface area (Å²) >= 11 is -2.85. The van der Waals surface area contributed by atoms with Crippen LogP contribution >= 0.6 is 0 Å². The summed E-state index contributed by atoms with van der Waals surface area (Å²) in [5.74, 6) is -5.74. The second kappa shape index (κ2) is 5.33. The van der Waals surface area contributed by atoms with Crippen LogP contribution in [0, 0.1) is 3.57 Å². The highest BCUT2D eigenvalue weighted by Gasteiger charge is 2.81. The molecule has 0 atom stereocenters.